The van der Waals surface area contributed by atoms with Crippen molar-refractivity contribution in [3.63, 3.8) is 0 Å². The SMILES string of the molecule is Cc1ccc(O)c([C@@H](O)CCN)c1. The summed E-state index contributed by atoms with van der Waals surface area (Å²) in [6.07, 6.45) is -0.193. The Labute approximate surface area is 77.8 Å². The van der Waals surface area contributed by atoms with E-state index in [1.54, 1.807) is 18.2 Å². The molecule has 0 amide bonds. The van der Waals surface area contributed by atoms with Crippen LogP contribution in [0.25, 0.3) is 0 Å². The molecule has 4 N–H and O–H groups in total. The van der Waals surface area contributed by atoms with E-state index in [0.717, 1.165) is 5.56 Å². The van der Waals surface area contributed by atoms with Crippen LogP contribution >= 0.6 is 0 Å². The minimum Gasteiger partial charge on any atom is -0.508 e. The molecule has 0 saturated carbocycles. The second kappa shape index (κ2) is 4.25. The smallest absolute Gasteiger partial charge is 0.121 e. The van der Waals surface area contributed by atoms with Gasteiger partial charge in [0.2, 0.25) is 0 Å². The number of hydrogen-bond acceptors (Lipinski definition) is 3. The van der Waals surface area contributed by atoms with Crippen molar-refractivity contribution in [1.29, 1.82) is 0 Å². The number of phenolic OH excluding ortho intramolecular Hbond substituents is 1. The topological polar surface area (TPSA) is 66.5 Å². The molecule has 3 heteroatoms. The van der Waals surface area contributed by atoms with Crippen molar-refractivity contribution in [2.45, 2.75) is 19.4 Å². The highest BCUT2D eigenvalue weighted by Gasteiger charge is 2.10. The standard InChI is InChI=1S/C10H15NO2/c1-7-2-3-9(12)8(6-7)10(13)4-5-11/h2-3,6,10,12-13H,4-5,11H2,1H3/t10-/m0/s1. The fourth-order valence-electron chi connectivity index (χ4n) is 1.25. The Hall–Kier alpha value is -1.06. The van der Waals surface area contributed by atoms with Gasteiger partial charge < -0.3 is 15.9 Å². The highest BCUT2D eigenvalue weighted by atomic mass is 16.3. The molecule has 0 spiro atoms. The van der Waals surface area contributed by atoms with E-state index in [4.69, 9.17) is 5.73 Å². The third-order valence-electron chi connectivity index (χ3n) is 1.98. The van der Waals surface area contributed by atoms with Crippen LogP contribution in [0, 0.1) is 6.92 Å². The van der Waals surface area contributed by atoms with Crippen LogP contribution in [0.2, 0.25) is 0 Å². The van der Waals surface area contributed by atoms with Crippen molar-refractivity contribution >= 4 is 0 Å². The molecule has 1 aromatic carbocycles. The molecule has 1 rings (SSSR count). The van der Waals surface area contributed by atoms with E-state index in [1.165, 1.54) is 0 Å². The second-order valence-electron chi connectivity index (χ2n) is 3.16. The molecule has 0 fully saturated rings. The van der Waals surface area contributed by atoms with Crippen molar-refractivity contribution in [3.8, 4) is 5.75 Å². The van der Waals surface area contributed by atoms with Gasteiger partial charge in [0.15, 0.2) is 0 Å². The van der Waals surface area contributed by atoms with Crippen molar-refractivity contribution in [2.24, 2.45) is 5.73 Å². The average molecular weight is 181 g/mol. The summed E-state index contributed by atoms with van der Waals surface area (Å²) >= 11 is 0. The zero-order valence-electron chi connectivity index (χ0n) is 7.70. The number of hydrogen-bond donors (Lipinski definition) is 3. The third kappa shape index (κ3) is 2.44. The average Bonchev–Trinajstić information content (AvgIpc) is 2.09. The lowest BCUT2D eigenvalue weighted by Crippen LogP contribution is -2.06. The molecule has 0 unspecified atom stereocenters. The Morgan fingerprint density at radius 2 is 2.15 bits per heavy atom. The minimum absolute atomic E-state index is 0.131. The van der Waals surface area contributed by atoms with Gasteiger partial charge in [-0.1, -0.05) is 11.6 Å². The van der Waals surface area contributed by atoms with Gasteiger partial charge in [0.1, 0.15) is 5.75 Å². The maximum absolute atomic E-state index is 9.59. The van der Waals surface area contributed by atoms with E-state index in [0.29, 0.717) is 18.5 Å². The Bertz CT molecular complexity index is 286. The molecular weight excluding hydrogens is 166 g/mol. The van der Waals surface area contributed by atoms with Gasteiger partial charge in [0, 0.05) is 5.56 Å². The third-order valence-corrected chi connectivity index (χ3v) is 1.98. The number of rotatable bonds is 3. The van der Waals surface area contributed by atoms with Crippen LogP contribution in [0.3, 0.4) is 0 Å². The van der Waals surface area contributed by atoms with E-state index in [-0.39, 0.29) is 5.75 Å². The lowest BCUT2D eigenvalue weighted by atomic mass is 10.0. The fraction of sp³-hybridized carbons (Fsp3) is 0.400. The van der Waals surface area contributed by atoms with Crippen LogP contribution in [0.4, 0.5) is 0 Å². The van der Waals surface area contributed by atoms with E-state index in [9.17, 15) is 10.2 Å². The molecule has 13 heavy (non-hydrogen) atoms. The molecule has 0 aliphatic rings. The molecule has 3 nitrogen and oxygen atoms in total. The monoisotopic (exact) mass is 181 g/mol. The van der Waals surface area contributed by atoms with Crippen LogP contribution in [-0.2, 0) is 0 Å². The molecule has 0 radical (unpaired) electrons. The van der Waals surface area contributed by atoms with E-state index >= 15 is 0 Å². The summed E-state index contributed by atoms with van der Waals surface area (Å²) in [7, 11) is 0. The largest absolute Gasteiger partial charge is 0.508 e. The van der Waals surface area contributed by atoms with Crippen LogP contribution in [-0.4, -0.2) is 16.8 Å². The Balaban J connectivity index is 2.91. The predicted molar refractivity (Wildman–Crippen MR) is 51.5 cm³/mol. The molecule has 72 valence electrons. The molecular formula is C10H15NO2. The van der Waals surface area contributed by atoms with Gasteiger partial charge in [-0.25, -0.2) is 0 Å². The number of aliphatic hydroxyl groups is 1. The first kappa shape index (κ1) is 10.0. The fourth-order valence-corrected chi connectivity index (χ4v) is 1.25. The van der Waals surface area contributed by atoms with Gasteiger partial charge in [-0.3, -0.25) is 0 Å². The van der Waals surface area contributed by atoms with Crippen molar-refractivity contribution in [1.82, 2.24) is 0 Å². The van der Waals surface area contributed by atoms with Gasteiger partial charge in [0.25, 0.3) is 0 Å². The van der Waals surface area contributed by atoms with Crippen molar-refractivity contribution in [2.75, 3.05) is 6.54 Å². The molecule has 0 heterocycles. The molecule has 0 aliphatic heterocycles. The van der Waals surface area contributed by atoms with Crippen molar-refractivity contribution < 1.29 is 10.2 Å². The highest BCUT2D eigenvalue weighted by Crippen LogP contribution is 2.26. The maximum atomic E-state index is 9.59. The van der Waals surface area contributed by atoms with Crippen molar-refractivity contribution in [3.05, 3.63) is 29.3 Å². The number of phenols is 1. The quantitative estimate of drug-likeness (QED) is 0.653. The first-order chi connectivity index (χ1) is 6.15. The number of nitrogens with two attached hydrogens (primary N) is 1. The number of aromatic hydroxyl groups is 1. The highest BCUT2D eigenvalue weighted by molar-refractivity contribution is 5.37. The summed E-state index contributed by atoms with van der Waals surface area (Å²) in [6, 6.07) is 5.16. The Morgan fingerprint density at radius 1 is 1.46 bits per heavy atom. The zero-order valence-corrected chi connectivity index (χ0v) is 7.70. The molecule has 1 atom stereocenters. The normalized spacial score (nSPS) is 12.8. The molecule has 1 aromatic rings. The van der Waals surface area contributed by atoms with Gasteiger partial charge in [-0.2, -0.15) is 0 Å². The summed E-state index contributed by atoms with van der Waals surface area (Å²) in [6.45, 7) is 2.33. The Kier molecular flexibility index (Phi) is 3.28. The lowest BCUT2D eigenvalue weighted by Gasteiger charge is -2.11. The van der Waals surface area contributed by atoms with E-state index in [2.05, 4.69) is 0 Å². The van der Waals surface area contributed by atoms with Gasteiger partial charge >= 0.3 is 0 Å². The van der Waals surface area contributed by atoms with E-state index in [1.807, 2.05) is 6.92 Å². The van der Waals surface area contributed by atoms with Gasteiger partial charge in [-0.05, 0) is 32.0 Å². The summed E-state index contributed by atoms with van der Waals surface area (Å²) in [4.78, 5) is 0. The van der Waals surface area contributed by atoms with Crippen LogP contribution in [0.5, 0.6) is 5.75 Å². The van der Waals surface area contributed by atoms with Gasteiger partial charge in [-0.15, -0.1) is 0 Å². The second-order valence-corrected chi connectivity index (χ2v) is 3.16. The van der Waals surface area contributed by atoms with Crippen LogP contribution < -0.4 is 5.73 Å². The van der Waals surface area contributed by atoms with E-state index < -0.39 is 6.10 Å². The summed E-state index contributed by atoms with van der Waals surface area (Å²) in [5, 5.41) is 19.0. The first-order valence-electron chi connectivity index (χ1n) is 4.33. The van der Waals surface area contributed by atoms with Crippen LogP contribution in [0.15, 0.2) is 18.2 Å². The maximum Gasteiger partial charge on any atom is 0.121 e. The number of benzene rings is 1. The molecule has 0 aliphatic carbocycles. The molecule has 0 aromatic heterocycles. The lowest BCUT2D eigenvalue weighted by molar-refractivity contribution is 0.166. The zero-order chi connectivity index (χ0) is 9.84. The molecule has 0 bridgehead atoms. The summed E-state index contributed by atoms with van der Waals surface area (Å²) in [5.41, 5.74) is 6.89. The summed E-state index contributed by atoms with van der Waals surface area (Å²) < 4.78 is 0. The Morgan fingerprint density at radius 3 is 2.77 bits per heavy atom. The van der Waals surface area contributed by atoms with Gasteiger partial charge in [0.05, 0.1) is 6.10 Å². The number of aryl methyl sites for hydroxylation is 1. The minimum atomic E-state index is -0.662. The summed E-state index contributed by atoms with van der Waals surface area (Å²) in [5.74, 6) is 0.131. The predicted octanol–water partition coefficient (Wildman–Crippen LogP) is 1.08. The first-order valence-corrected chi connectivity index (χ1v) is 4.33. The van der Waals surface area contributed by atoms with Crippen LogP contribution in [0.1, 0.15) is 23.7 Å². The molecule has 0 saturated heterocycles. The number of aliphatic hydroxyl groups excluding tert-OH is 1.